The first-order chi connectivity index (χ1) is 10.5. The number of benzene rings is 2. The Balaban J connectivity index is 2.24. The van der Waals surface area contributed by atoms with Gasteiger partial charge in [0.15, 0.2) is 0 Å². The monoisotopic (exact) mass is 296 g/mol. The van der Waals surface area contributed by atoms with Crippen molar-refractivity contribution in [3.8, 4) is 0 Å². The number of hydrogen-bond acceptors (Lipinski definition) is 2. The van der Waals surface area contributed by atoms with Gasteiger partial charge in [-0.3, -0.25) is 4.79 Å². The van der Waals surface area contributed by atoms with E-state index >= 15 is 0 Å². The molecule has 0 aliphatic heterocycles. The Labute approximate surface area is 129 Å². The van der Waals surface area contributed by atoms with E-state index in [1.165, 1.54) is 10.9 Å². The first-order valence-corrected chi connectivity index (χ1v) is 7.49. The summed E-state index contributed by atoms with van der Waals surface area (Å²) in [6.45, 7) is 4.33. The van der Waals surface area contributed by atoms with E-state index in [1.54, 1.807) is 0 Å². The molecular formula is C18H20N2O2. The summed E-state index contributed by atoms with van der Waals surface area (Å²) in [6, 6.07) is 14.2. The van der Waals surface area contributed by atoms with E-state index in [9.17, 15) is 4.79 Å². The van der Waals surface area contributed by atoms with Gasteiger partial charge in [0.25, 0.3) is 0 Å². The number of para-hydroxylation sites is 1. The molecule has 0 bridgehead atoms. The third kappa shape index (κ3) is 2.35. The highest BCUT2D eigenvalue weighted by Gasteiger charge is 2.16. The largest absolute Gasteiger partial charge is 0.481 e. The minimum atomic E-state index is -0.878. The van der Waals surface area contributed by atoms with Crippen molar-refractivity contribution in [2.24, 2.45) is 5.73 Å². The van der Waals surface area contributed by atoms with Crippen LogP contribution in [0.4, 0.5) is 0 Å². The maximum Gasteiger partial charge on any atom is 0.305 e. The molecule has 4 heteroatoms. The van der Waals surface area contributed by atoms with Crippen LogP contribution in [-0.2, 0) is 4.79 Å². The van der Waals surface area contributed by atoms with Gasteiger partial charge < -0.3 is 15.4 Å². The predicted molar refractivity (Wildman–Crippen MR) is 89.0 cm³/mol. The molecule has 0 saturated carbocycles. The Bertz CT molecular complexity index is 849. The van der Waals surface area contributed by atoms with Crippen LogP contribution < -0.4 is 5.73 Å². The van der Waals surface area contributed by atoms with Crippen LogP contribution in [0.1, 0.15) is 37.9 Å². The minimum Gasteiger partial charge on any atom is -0.481 e. The average molecular weight is 296 g/mol. The van der Waals surface area contributed by atoms with Gasteiger partial charge in [-0.2, -0.15) is 0 Å². The van der Waals surface area contributed by atoms with Crippen LogP contribution in [0.5, 0.6) is 0 Å². The van der Waals surface area contributed by atoms with Gasteiger partial charge in [0, 0.05) is 33.9 Å². The Morgan fingerprint density at radius 3 is 2.50 bits per heavy atom. The zero-order chi connectivity index (χ0) is 15.9. The highest BCUT2D eigenvalue weighted by molar-refractivity contribution is 6.08. The number of carboxylic acid groups (broad SMARTS) is 1. The highest BCUT2D eigenvalue weighted by atomic mass is 16.4. The van der Waals surface area contributed by atoms with Gasteiger partial charge in [0.2, 0.25) is 0 Å². The number of rotatable bonds is 4. The predicted octanol–water partition coefficient (Wildman–Crippen LogP) is 3.85. The topological polar surface area (TPSA) is 68.2 Å². The van der Waals surface area contributed by atoms with E-state index in [1.807, 2.05) is 30.3 Å². The molecule has 0 spiro atoms. The molecule has 0 radical (unpaired) electrons. The molecule has 1 atom stereocenters. The zero-order valence-corrected chi connectivity index (χ0v) is 12.8. The van der Waals surface area contributed by atoms with Gasteiger partial charge >= 0.3 is 5.97 Å². The molecule has 114 valence electrons. The van der Waals surface area contributed by atoms with Crippen LogP contribution in [0.2, 0.25) is 0 Å². The number of nitrogens with zero attached hydrogens (tertiary/aromatic N) is 1. The van der Waals surface area contributed by atoms with Crippen molar-refractivity contribution < 1.29 is 9.90 Å². The third-order valence-corrected chi connectivity index (χ3v) is 4.07. The Morgan fingerprint density at radius 2 is 1.82 bits per heavy atom. The average Bonchev–Trinajstić information content (AvgIpc) is 2.80. The van der Waals surface area contributed by atoms with Crippen molar-refractivity contribution in [3.05, 3.63) is 48.0 Å². The second-order valence-corrected chi connectivity index (χ2v) is 5.96. The van der Waals surface area contributed by atoms with Gasteiger partial charge in [-0.05, 0) is 37.6 Å². The fourth-order valence-corrected chi connectivity index (χ4v) is 3.11. The van der Waals surface area contributed by atoms with E-state index < -0.39 is 12.0 Å². The van der Waals surface area contributed by atoms with E-state index in [0.717, 1.165) is 16.5 Å². The first-order valence-electron chi connectivity index (χ1n) is 7.49. The van der Waals surface area contributed by atoms with Crippen LogP contribution in [-0.4, -0.2) is 15.6 Å². The van der Waals surface area contributed by atoms with E-state index in [4.69, 9.17) is 10.8 Å². The SMILES string of the molecule is CC(C)n1c2ccccc2c2cc(C(N)CC(=O)O)ccc21. The van der Waals surface area contributed by atoms with Crippen LogP contribution in [0.25, 0.3) is 21.8 Å². The van der Waals surface area contributed by atoms with Crippen molar-refractivity contribution in [2.75, 3.05) is 0 Å². The highest BCUT2D eigenvalue weighted by Crippen LogP contribution is 2.33. The van der Waals surface area contributed by atoms with Crippen molar-refractivity contribution in [1.82, 2.24) is 4.57 Å². The number of aromatic nitrogens is 1. The number of fused-ring (bicyclic) bond motifs is 3. The molecule has 1 unspecified atom stereocenters. The molecule has 3 rings (SSSR count). The van der Waals surface area contributed by atoms with Crippen LogP contribution in [0, 0.1) is 0 Å². The van der Waals surface area contributed by atoms with Crippen LogP contribution in [0.15, 0.2) is 42.5 Å². The second-order valence-electron chi connectivity index (χ2n) is 5.96. The molecule has 1 aromatic heterocycles. The van der Waals surface area contributed by atoms with E-state index in [-0.39, 0.29) is 6.42 Å². The lowest BCUT2D eigenvalue weighted by Gasteiger charge is -2.13. The smallest absolute Gasteiger partial charge is 0.305 e. The minimum absolute atomic E-state index is 0.0612. The maximum atomic E-state index is 10.9. The quantitative estimate of drug-likeness (QED) is 0.768. The number of nitrogens with two attached hydrogens (primary N) is 1. The summed E-state index contributed by atoms with van der Waals surface area (Å²) < 4.78 is 2.30. The lowest BCUT2D eigenvalue weighted by atomic mass is 10.0. The van der Waals surface area contributed by atoms with Gasteiger partial charge in [-0.25, -0.2) is 0 Å². The summed E-state index contributed by atoms with van der Waals surface area (Å²) in [5.41, 5.74) is 9.22. The number of carboxylic acids is 1. The summed E-state index contributed by atoms with van der Waals surface area (Å²) in [4.78, 5) is 10.9. The van der Waals surface area contributed by atoms with Gasteiger partial charge in [-0.15, -0.1) is 0 Å². The fourth-order valence-electron chi connectivity index (χ4n) is 3.11. The zero-order valence-electron chi connectivity index (χ0n) is 12.8. The summed E-state index contributed by atoms with van der Waals surface area (Å²) in [5, 5.41) is 11.2. The molecular weight excluding hydrogens is 276 g/mol. The molecule has 3 N–H and O–H groups in total. The Hall–Kier alpha value is -2.33. The molecule has 0 aliphatic carbocycles. The summed E-state index contributed by atoms with van der Waals surface area (Å²) in [6.07, 6.45) is -0.0612. The standard InChI is InChI=1S/C18H20N2O2/c1-11(2)20-16-6-4-3-5-13(16)14-9-12(7-8-17(14)20)15(19)10-18(21)22/h3-9,11,15H,10,19H2,1-2H3,(H,21,22). The van der Waals surface area contributed by atoms with Crippen molar-refractivity contribution in [3.63, 3.8) is 0 Å². The van der Waals surface area contributed by atoms with Crippen LogP contribution >= 0.6 is 0 Å². The van der Waals surface area contributed by atoms with E-state index in [0.29, 0.717) is 6.04 Å². The molecule has 0 aliphatic rings. The number of aliphatic carboxylic acids is 1. The first kappa shape index (κ1) is 14.6. The van der Waals surface area contributed by atoms with Gasteiger partial charge in [0.1, 0.15) is 0 Å². The van der Waals surface area contributed by atoms with Crippen molar-refractivity contribution in [1.29, 1.82) is 0 Å². The molecule has 2 aromatic carbocycles. The Morgan fingerprint density at radius 1 is 1.14 bits per heavy atom. The lowest BCUT2D eigenvalue weighted by molar-refractivity contribution is -0.137. The Kier molecular flexibility index (Phi) is 3.62. The number of carbonyl (C=O) groups is 1. The van der Waals surface area contributed by atoms with E-state index in [2.05, 4.69) is 30.5 Å². The normalized spacial score (nSPS) is 13.1. The molecule has 1 heterocycles. The van der Waals surface area contributed by atoms with Gasteiger partial charge in [0.05, 0.1) is 6.42 Å². The summed E-state index contributed by atoms with van der Waals surface area (Å²) >= 11 is 0. The molecule has 3 aromatic rings. The molecule has 22 heavy (non-hydrogen) atoms. The van der Waals surface area contributed by atoms with Crippen LogP contribution in [0.3, 0.4) is 0 Å². The molecule has 0 amide bonds. The molecule has 0 saturated heterocycles. The number of hydrogen-bond donors (Lipinski definition) is 2. The summed E-state index contributed by atoms with van der Waals surface area (Å²) in [5.74, 6) is -0.878. The van der Waals surface area contributed by atoms with Gasteiger partial charge in [-0.1, -0.05) is 24.3 Å². The third-order valence-electron chi connectivity index (χ3n) is 4.07. The lowest BCUT2D eigenvalue weighted by Crippen LogP contribution is -2.14. The molecule has 4 nitrogen and oxygen atoms in total. The second kappa shape index (κ2) is 5.46. The fraction of sp³-hybridized carbons (Fsp3) is 0.278. The molecule has 0 fully saturated rings. The van der Waals surface area contributed by atoms with Crippen molar-refractivity contribution in [2.45, 2.75) is 32.4 Å². The maximum absolute atomic E-state index is 10.9. The van der Waals surface area contributed by atoms with Crippen molar-refractivity contribution >= 4 is 27.8 Å². The summed E-state index contributed by atoms with van der Waals surface area (Å²) in [7, 11) is 0.